The first-order valence-electron chi connectivity index (χ1n) is 10.2. The summed E-state index contributed by atoms with van der Waals surface area (Å²) in [6, 6.07) is 24.1. The van der Waals surface area contributed by atoms with Gasteiger partial charge >= 0.3 is 0 Å². The second-order valence-electron chi connectivity index (χ2n) is 7.37. The molecule has 0 bridgehead atoms. The van der Waals surface area contributed by atoms with Gasteiger partial charge in [-0.1, -0.05) is 60.7 Å². The molecule has 0 radical (unpaired) electrons. The van der Waals surface area contributed by atoms with Gasteiger partial charge in [0.25, 0.3) is 5.91 Å². The molecule has 0 aliphatic carbocycles. The van der Waals surface area contributed by atoms with E-state index in [0.717, 1.165) is 44.3 Å². The van der Waals surface area contributed by atoms with Crippen LogP contribution in [-0.4, -0.2) is 17.5 Å². The highest BCUT2D eigenvalue weighted by molar-refractivity contribution is 7.13. The molecule has 0 spiro atoms. The SMILES string of the molecule is Cc1cccc(OCC(=O)NCc2cccc(-c3nc(-c4ccccc4)cs3)c2)c1C. The maximum atomic E-state index is 12.3. The first-order valence-corrected chi connectivity index (χ1v) is 11.0. The van der Waals surface area contributed by atoms with Crippen molar-refractivity contribution in [2.45, 2.75) is 20.4 Å². The number of aromatic nitrogens is 1. The topological polar surface area (TPSA) is 51.2 Å². The van der Waals surface area contributed by atoms with Gasteiger partial charge in [0, 0.05) is 23.1 Å². The predicted molar refractivity (Wildman–Crippen MR) is 126 cm³/mol. The third-order valence-electron chi connectivity index (χ3n) is 5.15. The summed E-state index contributed by atoms with van der Waals surface area (Å²) in [5.74, 6) is 0.599. The maximum Gasteiger partial charge on any atom is 0.258 e. The van der Waals surface area contributed by atoms with Crippen LogP contribution in [0, 0.1) is 13.8 Å². The third kappa shape index (κ3) is 5.19. The quantitative estimate of drug-likeness (QED) is 0.405. The van der Waals surface area contributed by atoms with E-state index in [1.165, 1.54) is 0 Å². The largest absolute Gasteiger partial charge is 0.483 e. The fourth-order valence-electron chi connectivity index (χ4n) is 3.24. The van der Waals surface area contributed by atoms with Gasteiger partial charge in [0.15, 0.2) is 6.61 Å². The molecule has 31 heavy (non-hydrogen) atoms. The van der Waals surface area contributed by atoms with Crippen LogP contribution >= 0.6 is 11.3 Å². The lowest BCUT2D eigenvalue weighted by Crippen LogP contribution is -2.28. The van der Waals surface area contributed by atoms with Crippen LogP contribution in [0.3, 0.4) is 0 Å². The number of hydrogen-bond donors (Lipinski definition) is 1. The van der Waals surface area contributed by atoms with Crippen LogP contribution in [0.4, 0.5) is 0 Å². The molecule has 4 rings (SSSR count). The first-order chi connectivity index (χ1) is 15.1. The Labute approximate surface area is 186 Å². The minimum Gasteiger partial charge on any atom is -0.483 e. The van der Waals surface area contributed by atoms with Gasteiger partial charge in [-0.05, 0) is 42.7 Å². The van der Waals surface area contributed by atoms with E-state index in [9.17, 15) is 4.79 Å². The molecular formula is C26H24N2O2S. The standard InChI is InChI=1S/C26H24N2O2S/c1-18-8-6-13-24(19(18)2)30-16-25(29)27-15-20-9-7-12-22(14-20)26-28-23(17-31-26)21-10-4-3-5-11-21/h3-14,17H,15-16H2,1-2H3,(H,27,29). The second kappa shape index (κ2) is 9.58. The Kier molecular flexibility index (Phi) is 6.43. The van der Waals surface area contributed by atoms with E-state index in [1.54, 1.807) is 11.3 Å². The maximum absolute atomic E-state index is 12.3. The zero-order chi connectivity index (χ0) is 21.6. The molecule has 156 valence electrons. The summed E-state index contributed by atoms with van der Waals surface area (Å²) < 4.78 is 5.69. The van der Waals surface area contributed by atoms with Crippen LogP contribution < -0.4 is 10.1 Å². The Morgan fingerprint density at radius 1 is 0.968 bits per heavy atom. The van der Waals surface area contributed by atoms with Gasteiger partial charge in [0.05, 0.1) is 5.69 Å². The lowest BCUT2D eigenvalue weighted by atomic mass is 10.1. The summed E-state index contributed by atoms with van der Waals surface area (Å²) in [6.45, 7) is 4.47. The van der Waals surface area contributed by atoms with Gasteiger partial charge in [-0.3, -0.25) is 4.79 Å². The van der Waals surface area contributed by atoms with E-state index in [1.807, 2.05) is 68.4 Å². The van der Waals surface area contributed by atoms with Gasteiger partial charge in [0.2, 0.25) is 0 Å². The van der Waals surface area contributed by atoms with Gasteiger partial charge in [0.1, 0.15) is 10.8 Å². The highest BCUT2D eigenvalue weighted by atomic mass is 32.1. The summed E-state index contributed by atoms with van der Waals surface area (Å²) >= 11 is 1.62. The number of amides is 1. The van der Waals surface area contributed by atoms with Crippen molar-refractivity contribution < 1.29 is 9.53 Å². The van der Waals surface area contributed by atoms with E-state index in [0.29, 0.717) is 6.54 Å². The van der Waals surface area contributed by atoms with Crippen molar-refractivity contribution in [1.29, 1.82) is 0 Å². The van der Waals surface area contributed by atoms with E-state index < -0.39 is 0 Å². The summed E-state index contributed by atoms with van der Waals surface area (Å²) in [6.07, 6.45) is 0. The van der Waals surface area contributed by atoms with Crippen molar-refractivity contribution in [1.82, 2.24) is 10.3 Å². The summed E-state index contributed by atoms with van der Waals surface area (Å²) in [5.41, 5.74) is 6.36. The first kappa shape index (κ1) is 20.8. The van der Waals surface area contributed by atoms with Gasteiger partial charge in [-0.2, -0.15) is 0 Å². The van der Waals surface area contributed by atoms with Crippen molar-refractivity contribution in [3.8, 4) is 27.6 Å². The van der Waals surface area contributed by atoms with Crippen molar-refractivity contribution >= 4 is 17.2 Å². The number of carbonyl (C=O) groups excluding carboxylic acids is 1. The van der Waals surface area contributed by atoms with Crippen LogP contribution in [0.1, 0.15) is 16.7 Å². The van der Waals surface area contributed by atoms with Crippen LogP contribution in [0.2, 0.25) is 0 Å². The highest BCUT2D eigenvalue weighted by Gasteiger charge is 2.09. The number of ether oxygens (including phenoxy) is 1. The van der Waals surface area contributed by atoms with Gasteiger partial charge < -0.3 is 10.1 Å². The molecule has 1 N–H and O–H groups in total. The molecule has 0 aliphatic heterocycles. The molecule has 0 saturated heterocycles. The molecule has 4 aromatic rings. The number of hydrogen-bond acceptors (Lipinski definition) is 4. The molecule has 0 atom stereocenters. The van der Waals surface area contributed by atoms with Crippen molar-refractivity contribution in [3.05, 3.63) is 94.9 Å². The Bertz CT molecular complexity index is 1190. The zero-order valence-corrected chi connectivity index (χ0v) is 18.4. The van der Waals surface area contributed by atoms with Crippen LogP contribution in [0.5, 0.6) is 5.75 Å². The van der Waals surface area contributed by atoms with Crippen molar-refractivity contribution in [2.75, 3.05) is 6.61 Å². The smallest absolute Gasteiger partial charge is 0.258 e. The fourth-order valence-corrected chi connectivity index (χ4v) is 4.06. The minimum absolute atomic E-state index is 0.00308. The average molecular weight is 429 g/mol. The van der Waals surface area contributed by atoms with E-state index >= 15 is 0 Å². The average Bonchev–Trinajstić information content (AvgIpc) is 3.30. The molecular weight excluding hydrogens is 404 g/mol. The molecule has 4 nitrogen and oxygen atoms in total. The molecule has 0 unspecified atom stereocenters. The molecule has 0 saturated carbocycles. The highest BCUT2D eigenvalue weighted by Crippen LogP contribution is 2.29. The zero-order valence-electron chi connectivity index (χ0n) is 17.6. The van der Waals surface area contributed by atoms with Gasteiger partial charge in [-0.15, -0.1) is 11.3 Å². The number of nitrogens with one attached hydrogen (secondary N) is 1. The predicted octanol–water partition coefficient (Wildman–Crippen LogP) is 5.79. The molecule has 1 amide bonds. The number of carbonyl (C=O) groups is 1. The summed E-state index contributed by atoms with van der Waals surface area (Å²) in [4.78, 5) is 17.0. The lowest BCUT2D eigenvalue weighted by molar-refractivity contribution is -0.123. The second-order valence-corrected chi connectivity index (χ2v) is 8.23. The number of benzene rings is 3. The molecule has 5 heteroatoms. The van der Waals surface area contributed by atoms with Gasteiger partial charge in [-0.25, -0.2) is 4.98 Å². The molecule has 3 aromatic carbocycles. The monoisotopic (exact) mass is 428 g/mol. The number of nitrogens with zero attached hydrogens (tertiary/aromatic N) is 1. The van der Waals surface area contributed by atoms with Crippen LogP contribution in [0.25, 0.3) is 21.8 Å². The van der Waals surface area contributed by atoms with Crippen molar-refractivity contribution in [3.63, 3.8) is 0 Å². The molecule has 1 heterocycles. The summed E-state index contributed by atoms with van der Waals surface area (Å²) in [5, 5.41) is 5.97. The number of rotatable bonds is 7. The molecule has 0 fully saturated rings. The van der Waals surface area contributed by atoms with E-state index in [-0.39, 0.29) is 12.5 Å². The van der Waals surface area contributed by atoms with E-state index in [4.69, 9.17) is 9.72 Å². The van der Waals surface area contributed by atoms with Crippen LogP contribution in [0.15, 0.2) is 78.2 Å². The Balaban J connectivity index is 1.36. The lowest BCUT2D eigenvalue weighted by Gasteiger charge is -2.11. The Morgan fingerprint density at radius 3 is 2.58 bits per heavy atom. The molecule has 0 aliphatic rings. The Hall–Kier alpha value is -3.44. The number of aryl methyl sites for hydroxylation is 1. The third-order valence-corrected chi connectivity index (χ3v) is 6.04. The normalized spacial score (nSPS) is 10.6. The van der Waals surface area contributed by atoms with E-state index in [2.05, 4.69) is 28.9 Å². The van der Waals surface area contributed by atoms with Crippen LogP contribution in [-0.2, 0) is 11.3 Å². The number of thiazole rings is 1. The van der Waals surface area contributed by atoms with Crippen molar-refractivity contribution in [2.24, 2.45) is 0 Å². The summed E-state index contributed by atoms with van der Waals surface area (Å²) in [7, 11) is 0. The minimum atomic E-state index is -0.146. The Morgan fingerprint density at radius 2 is 1.74 bits per heavy atom. The fraction of sp³-hybridized carbons (Fsp3) is 0.154. The molecule has 1 aromatic heterocycles.